The van der Waals surface area contributed by atoms with Gasteiger partial charge in [0.25, 0.3) is 0 Å². The molecule has 0 aliphatic carbocycles. The molecule has 16 heavy (non-hydrogen) atoms. The lowest BCUT2D eigenvalue weighted by Crippen LogP contribution is -1.83. The molecule has 86 valence electrons. The number of benzene rings is 1. The van der Waals surface area contributed by atoms with E-state index < -0.39 is 5.82 Å². The Morgan fingerprint density at radius 2 is 2.31 bits per heavy atom. The molecule has 0 bridgehead atoms. The minimum absolute atomic E-state index is 0.00569. The zero-order valence-electron chi connectivity index (χ0n) is 8.54. The fourth-order valence-corrected chi connectivity index (χ4v) is 1.69. The number of carbonyl (C=O) groups is 1. The molecule has 0 aliphatic rings. The monoisotopic (exact) mass is 260 g/mol. The Morgan fingerprint density at radius 1 is 1.62 bits per heavy atom. The van der Waals surface area contributed by atoms with E-state index in [1.54, 1.807) is 6.08 Å². The molecular weight excluding hydrogens is 251 g/mol. The van der Waals surface area contributed by atoms with E-state index in [4.69, 9.17) is 11.6 Å². The third-order valence-corrected chi connectivity index (χ3v) is 2.79. The maximum Gasteiger partial charge on any atom is 0.186 e. The van der Waals surface area contributed by atoms with Gasteiger partial charge >= 0.3 is 0 Å². The van der Waals surface area contributed by atoms with Crippen molar-refractivity contribution in [2.24, 2.45) is 0 Å². The fraction of sp³-hybridized carbons (Fsp3) is 0.182. The number of carbonyl (C=O) groups excluding carboxylic acids is 1. The molecule has 0 atom stereocenters. The van der Waals surface area contributed by atoms with Gasteiger partial charge in [-0.2, -0.15) is 0 Å². The molecule has 1 aromatic carbocycles. The molecule has 0 spiro atoms. The predicted molar refractivity (Wildman–Crippen MR) is 65.2 cm³/mol. The second-order valence-electron chi connectivity index (χ2n) is 3.03. The van der Waals surface area contributed by atoms with E-state index in [0.717, 1.165) is 17.8 Å². The third kappa shape index (κ3) is 3.87. The standard InChI is InChI=1S/C11H10ClFO2S/c1-7(14)16-4-2-3-8-5-9(13)6-10(12)11(8)15/h2-3,5-6,15H,4H2,1H3. The Kier molecular flexibility index (Phi) is 4.83. The van der Waals surface area contributed by atoms with Crippen LogP contribution in [-0.4, -0.2) is 16.0 Å². The van der Waals surface area contributed by atoms with Gasteiger partial charge in [-0.15, -0.1) is 0 Å². The Morgan fingerprint density at radius 3 is 2.94 bits per heavy atom. The maximum absolute atomic E-state index is 13.0. The minimum Gasteiger partial charge on any atom is -0.506 e. The summed E-state index contributed by atoms with van der Waals surface area (Å²) in [6.45, 7) is 1.47. The van der Waals surface area contributed by atoms with Gasteiger partial charge in [-0.25, -0.2) is 4.39 Å². The second-order valence-corrected chi connectivity index (χ2v) is 4.63. The van der Waals surface area contributed by atoms with Crippen LogP contribution in [0.1, 0.15) is 12.5 Å². The first-order valence-electron chi connectivity index (χ1n) is 4.48. The van der Waals surface area contributed by atoms with Crippen LogP contribution < -0.4 is 0 Å². The van der Waals surface area contributed by atoms with Crippen molar-refractivity contribution in [3.63, 3.8) is 0 Å². The van der Waals surface area contributed by atoms with Crippen LogP contribution in [0.3, 0.4) is 0 Å². The molecule has 0 heterocycles. The highest BCUT2D eigenvalue weighted by Gasteiger charge is 2.05. The molecule has 0 fully saturated rings. The van der Waals surface area contributed by atoms with Crippen molar-refractivity contribution < 1.29 is 14.3 Å². The van der Waals surface area contributed by atoms with Gasteiger partial charge in [0.2, 0.25) is 0 Å². The van der Waals surface area contributed by atoms with Gasteiger partial charge in [0.05, 0.1) is 5.02 Å². The largest absolute Gasteiger partial charge is 0.506 e. The van der Waals surface area contributed by atoms with Crippen molar-refractivity contribution in [3.05, 3.63) is 34.6 Å². The molecule has 0 aromatic heterocycles. The average molecular weight is 261 g/mol. The van der Waals surface area contributed by atoms with Crippen LogP contribution in [0.2, 0.25) is 5.02 Å². The zero-order chi connectivity index (χ0) is 12.1. The van der Waals surface area contributed by atoms with Gasteiger partial charge in [0, 0.05) is 18.2 Å². The maximum atomic E-state index is 13.0. The molecule has 2 nitrogen and oxygen atoms in total. The highest BCUT2D eigenvalue weighted by molar-refractivity contribution is 8.13. The van der Waals surface area contributed by atoms with E-state index in [1.807, 2.05) is 0 Å². The number of halogens is 2. The lowest BCUT2D eigenvalue weighted by Gasteiger charge is -2.01. The zero-order valence-corrected chi connectivity index (χ0v) is 10.1. The Hall–Kier alpha value is -1.00. The van der Waals surface area contributed by atoms with Gasteiger partial charge in [0.15, 0.2) is 5.12 Å². The lowest BCUT2D eigenvalue weighted by molar-refractivity contribution is -0.109. The smallest absolute Gasteiger partial charge is 0.186 e. The van der Waals surface area contributed by atoms with Gasteiger partial charge in [-0.3, -0.25) is 4.79 Å². The van der Waals surface area contributed by atoms with Crippen molar-refractivity contribution in [2.45, 2.75) is 6.92 Å². The number of phenols is 1. The summed E-state index contributed by atoms with van der Waals surface area (Å²) in [6, 6.07) is 2.22. The number of hydrogen-bond acceptors (Lipinski definition) is 3. The quantitative estimate of drug-likeness (QED) is 0.904. The molecular formula is C11H10ClFO2S. The van der Waals surface area contributed by atoms with Crippen LogP contribution in [0.5, 0.6) is 5.75 Å². The Bertz CT molecular complexity index is 432. The topological polar surface area (TPSA) is 37.3 Å². The summed E-state index contributed by atoms with van der Waals surface area (Å²) < 4.78 is 13.0. The summed E-state index contributed by atoms with van der Waals surface area (Å²) in [5, 5.41) is 9.48. The average Bonchev–Trinajstić information content (AvgIpc) is 2.19. The molecule has 0 saturated carbocycles. The molecule has 1 N–H and O–H groups in total. The predicted octanol–water partition coefficient (Wildman–Crippen LogP) is 3.48. The Balaban J connectivity index is 2.77. The van der Waals surface area contributed by atoms with Gasteiger partial charge < -0.3 is 5.11 Å². The van der Waals surface area contributed by atoms with Gasteiger partial charge in [0.1, 0.15) is 11.6 Å². The first-order valence-corrected chi connectivity index (χ1v) is 5.85. The second kappa shape index (κ2) is 5.92. The lowest BCUT2D eigenvalue weighted by atomic mass is 10.2. The summed E-state index contributed by atoms with van der Waals surface area (Å²) in [6.07, 6.45) is 3.19. The molecule has 1 aromatic rings. The van der Waals surface area contributed by atoms with Crippen molar-refractivity contribution >= 4 is 34.6 Å². The van der Waals surface area contributed by atoms with E-state index in [1.165, 1.54) is 19.1 Å². The van der Waals surface area contributed by atoms with E-state index in [0.29, 0.717) is 11.3 Å². The summed E-state index contributed by atoms with van der Waals surface area (Å²) in [4.78, 5) is 10.6. The Labute approximate surface area is 102 Å². The number of hydrogen-bond donors (Lipinski definition) is 1. The summed E-state index contributed by atoms with van der Waals surface area (Å²) >= 11 is 6.73. The molecule has 0 saturated heterocycles. The van der Waals surface area contributed by atoms with E-state index in [9.17, 15) is 14.3 Å². The summed E-state index contributed by atoms with van der Waals surface area (Å²) in [5.74, 6) is -0.197. The van der Waals surface area contributed by atoms with Gasteiger partial charge in [-0.1, -0.05) is 35.5 Å². The highest BCUT2D eigenvalue weighted by Crippen LogP contribution is 2.29. The first kappa shape index (κ1) is 13.1. The van der Waals surface area contributed by atoms with Crippen LogP contribution in [0.25, 0.3) is 6.08 Å². The SMILES string of the molecule is CC(=O)SCC=Cc1cc(F)cc(Cl)c1O. The summed E-state index contributed by atoms with van der Waals surface area (Å²) in [7, 11) is 0. The molecule has 5 heteroatoms. The number of rotatable bonds is 3. The molecule has 0 amide bonds. The van der Waals surface area contributed by atoms with E-state index >= 15 is 0 Å². The van der Waals surface area contributed by atoms with Crippen LogP contribution in [0, 0.1) is 5.82 Å². The molecule has 0 aliphatic heterocycles. The van der Waals surface area contributed by atoms with Gasteiger partial charge in [-0.05, 0) is 12.1 Å². The fourth-order valence-electron chi connectivity index (χ4n) is 1.05. The third-order valence-electron chi connectivity index (χ3n) is 1.74. The van der Waals surface area contributed by atoms with Crippen LogP contribution in [0.4, 0.5) is 4.39 Å². The molecule has 0 radical (unpaired) electrons. The number of aromatic hydroxyl groups is 1. The van der Waals surface area contributed by atoms with Crippen molar-refractivity contribution in [2.75, 3.05) is 5.75 Å². The van der Waals surface area contributed by atoms with Crippen LogP contribution >= 0.6 is 23.4 Å². The van der Waals surface area contributed by atoms with Crippen molar-refractivity contribution in [3.8, 4) is 5.75 Å². The highest BCUT2D eigenvalue weighted by atomic mass is 35.5. The van der Waals surface area contributed by atoms with E-state index in [2.05, 4.69) is 0 Å². The summed E-state index contributed by atoms with van der Waals surface area (Å²) in [5.41, 5.74) is 0.300. The molecule has 0 unspecified atom stereocenters. The van der Waals surface area contributed by atoms with Crippen molar-refractivity contribution in [1.82, 2.24) is 0 Å². The van der Waals surface area contributed by atoms with Crippen LogP contribution in [-0.2, 0) is 4.79 Å². The molecule has 1 rings (SSSR count). The minimum atomic E-state index is -0.512. The van der Waals surface area contributed by atoms with Crippen LogP contribution in [0.15, 0.2) is 18.2 Å². The number of phenolic OH excluding ortho intramolecular Hbond substituents is 1. The van der Waals surface area contributed by atoms with E-state index in [-0.39, 0.29) is 15.9 Å². The van der Waals surface area contributed by atoms with Crippen molar-refractivity contribution in [1.29, 1.82) is 0 Å². The first-order chi connectivity index (χ1) is 7.50. The number of thioether (sulfide) groups is 1. The normalized spacial score (nSPS) is 10.9.